The monoisotopic (exact) mass is 625 g/mol. The first-order chi connectivity index (χ1) is 23.2. The van der Waals surface area contributed by atoms with Gasteiger partial charge in [0.15, 0.2) is 0 Å². The van der Waals surface area contributed by atoms with E-state index in [0.29, 0.717) is 5.02 Å². The molecule has 0 spiro atoms. The number of aromatic nitrogens is 1. The van der Waals surface area contributed by atoms with Crippen LogP contribution < -0.4 is 0 Å². The number of hydrogen-bond donors (Lipinski definition) is 0. The largest absolute Gasteiger partial charge is 0.264 e. The number of rotatable bonds is 7. The van der Waals surface area contributed by atoms with Crippen LogP contribution >= 0.6 is 11.6 Å². The van der Waals surface area contributed by atoms with E-state index >= 15 is 0 Å². The van der Waals surface area contributed by atoms with Crippen molar-refractivity contribution < 1.29 is 0 Å². The fourth-order valence-corrected chi connectivity index (χ4v) is 6.45. The van der Waals surface area contributed by atoms with Gasteiger partial charge in [-0.3, -0.25) is 4.98 Å². The van der Waals surface area contributed by atoms with Crippen LogP contribution in [0.15, 0.2) is 190 Å². The second-order valence-corrected chi connectivity index (χ2v) is 11.8. The van der Waals surface area contributed by atoms with Gasteiger partial charge in [-0.25, -0.2) is 20.0 Å². The normalized spacial score (nSPS) is 16.2. The molecule has 0 saturated carbocycles. The lowest BCUT2D eigenvalue weighted by Crippen LogP contribution is -2.43. The molecule has 2 aliphatic heterocycles. The van der Waals surface area contributed by atoms with E-state index in [-0.39, 0.29) is 0 Å². The number of halogens is 1. The number of benzene rings is 5. The highest BCUT2D eigenvalue weighted by atomic mass is 35.5. The fraction of sp³-hybridized carbons (Fsp3) is 0.0488. The Labute approximate surface area is 278 Å². The van der Waals surface area contributed by atoms with Crippen LogP contribution in [-0.4, -0.2) is 27.8 Å². The molecule has 0 bridgehead atoms. The maximum atomic E-state index is 6.49. The van der Waals surface area contributed by atoms with Crippen molar-refractivity contribution in [2.45, 2.75) is 11.3 Å². The van der Waals surface area contributed by atoms with Gasteiger partial charge >= 0.3 is 0 Å². The van der Waals surface area contributed by atoms with Crippen LogP contribution in [0.5, 0.6) is 0 Å². The molecule has 5 aromatic carbocycles. The van der Waals surface area contributed by atoms with Crippen LogP contribution in [-0.2, 0) is 11.3 Å². The van der Waals surface area contributed by atoms with Gasteiger partial charge < -0.3 is 0 Å². The van der Waals surface area contributed by atoms with E-state index in [4.69, 9.17) is 31.6 Å². The molecule has 0 saturated heterocycles. The van der Waals surface area contributed by atoms with Gasteiger partial charge in [0, 0.05) is 50.8 Å². The molecule has 0 N–H and O–H groups in total. The van der Waals surface area contributed by atoms with Crippen molar-refractivity contribution in [1.29, 1.82) is 0 Å². The fourth-order valence-electron chi connectivity index (χ4n) is 6.32. The van der Waals surface area contributed by atoms with E-state index in [1.807, 2.05) is 115 Å². The van der Waals surface area contributed by atoms with Crippen molar-refractivity contribution in [3.63, 3.8) is 0 Å². The maximum absolute atomic E-state index is 6.49. The molecule has 0 aliphatic carbocycles. The Morgan fingerprint density at radius 3 is 1.06 bits per heavy atom. The Morgan fingerprint density at radius 1 is 0.362 bits per heavy atom. The summed E-state index contributed by atoms with van der Waals surface area (Å²) in [5.74, 6) is 0. The van der Waals surface area contributed by atoms with Gasteiger partial charge in [-0.05, 0) is 18.2 Å². The molecule has 5 nitrogen and oxygen atoms in total. The van der Waals surface area contributed by atoms with Gasteiger partial charge in [0.25, 0.3) is 0 Å². The molecular weight excluding hydrogens is 598 g/mol. The summed E-state index contributed by atoms with van der Waals surface area (Å²) < 4.78 is 0. The Kier molecular flexibility index (Phi) is 7.24. The molecule has 1 aromatic heterocycles. The van der Waals surface area contributed by atoms with E-state index in [1.165, 1.54) is 0 Å². The summed E-state index contributed by atoms with van der Waals surface area (Å²) in [4.78, 5) is 27.2. The number of pyridine rings is 1. The zero-order valence-electron chi connectivity index (χ0n) is 25.3. The predicted octanol–water partition coefficient (Wildman–Crippen LogP) is 8.73. The summed E-state index contributed by atoms with van der Waals surface area (Å²) in [6.45, 7) is 0. The lowest BCUT2D eigenvalue weighted by Gasteiger charge is -2.38. The minimum Gasteiger partial charge on any atom is -0.264 e. The Hall–Kier alpha value is -5.78. The van der Waals surface area contributed by atoms with Gasteiger partial charge in [-0.1, -0.05) is 151 Å². The molecule has 0 unspecified atom stereocenters. The third-order valence-corrected chi connectivity index (χ3v) is 8.78. The molecule has 47 heavy (non-hydrogen) atoms. The van der Waals surface area contributed by atoms with E-state index < -0.39 is 11.3 Å². The maximum Gasteiger partial charge on any atom is 0.227 e. The molecule has 0 radical (unpaired) electrons. The minimum absolute atomic E-state index is 0.616. The summed E-state index contributed by atoms with van der Waals surface area (Å²) >= 11 is 6.49. The summed E-state index contributed by atoms with van der Waals surface area (Å²) in [6, 6.07) is 52.4. The quantitative estimate of drug-likeness (QED) is 0.175. The van der Waals surface area contributed by atoms with Gasteiger partial charge in [0.2, 0.25) is 11.3 Å². The number of aliphatic imine (C=N–C) groups is 4. The first kappa shape index (κ1) is 28.7. The summed E-state index contributed by atoms with van der Waals surface area (Å²) in [5, 5.41) is 0.616. The highest BCUT2D eigenvalue weighted by Gasteiger charge is 2.60. The molecule has 6 aromatic rings. The number of hydrogen-bond acceptors (Lipinski definition) is 5. The van der Waals surface area contributed by atoms with E-state index in [0.717, 1.165) is 56.2 Å². The van der Waals surface area contributed by atoms with Crippen LogP contribution in [0.1, 0.15) is 33.4 Å². The Balaban J connectivity index is 1.52. The van der Waals surface area contributed by atoms with Crippen molar-refractivity contribution in [1.82, 2.24) is 4.98 Å². The number of nitrogens with zero attached hydrogens (tertiary/aromatic N) is 5. The predicted molar refractivity (Wildman–Crippen MR) is 191 cm³/mol. The molecular formula is C41H28ClN5. The van der Waals surface area contributed by atoms with Crippen molar-refractivity contribution in [3.8, 4) is 0 Å². The van der Waals surface area contributed by atoms with Crippen LogP contribution in [0.25, 0.3) is 0 Å². The van der Waals surface area contributed by atoms with Gasteiger partial charge in [0.1, 0.15) is 0 Å². The van der Waals surface area contributed by atoms with E-state index in [9.17, 15) is 0 Å². The Morgan fingerprint density at radius 2 is 0.723 bits per heavy atom. The lowest BCUT2D eigenvalue weighted by molar-refractivity contribution is 0.256. The van der Waals surface area contributed by atoms with Crippen LogP contribution in [0.3, 0.4) is 0 Å². The van der Waals surface area contributed by atoms with Crippen LogP contribution in [0, 0.1) is 0 Å². The minimum atomic E-state index is -1.37. The Bertz CT molecular complexity index is 2050. The van der Waals surface area contributed by atoms with Crippen molar-refractivity contribution in [3.05, 3.63) is 209 Å². The molecule has 0 atom stereocenters. The molecule has 6 heteroatoms. The average molecular weight is 626 g/mol. The standard InChI is InChI=1S/C41H28ClN5/c42-35-25-23-33(24-26-35)40(44-36(29-14-5-1-6-15-29)37(45-40)30-16-7-2-8-17-30)41(34-22-13-27-43-28-34)46-38(31-18-9-3-10-19-31)39(47-41)32-20-11-4-12-21-32/h1-28H. The molecule has 8 rings (SSSR count). The summed E-state index contributed by atoms with van der Waals surface area (Å²) in [5.41, 5.74) is 5.66. The van der Waals surface area contributed by atoms with Gasteiger partial charge in [-0.15, -0.1) is 0 Å². The van der Waals surface area contributed by atoms with Crippen molar-refractivity contribution >= 4 is 34.4 Å². The van der Waals surface area contributed by atoms with Gasteiger partial charge in [0.05, 0.1) is 22.8 Å². The topological polar surface area (TPSA) is 62.3 Å². The second kappa shape index (κ2) is 11.9. The van der Waals surface area contributed by atoms with Crippen LogP contribution in [0.2, 0.25) is 5.02 Å². The van der Waals surface area contributed by atoms with E-state index in [2.05, 4.69) is 53.5 Å². The summed E-state index contributed by atoms with van der Waals surface area (Å²) in [7, 11) is 0. The highest BCUT2D eigenvalue weighted by Crippen LogP contribution is 2.54. The summed E-state index contributed by atoms with van der Waals surface area (Å²) in [6.07, 6.45) is 3.59. The first-order valence-corrected chi connectivity index (χ1v) is 15.8. The van der Waals surface area contributed by atoms with Gasteiger partial charge in [-0.2, -0.15) is 0 Å². The smallest absolute Gasteiger partial charge is 0.227 e. The SMILES string of the molecule is Clc1ccc(C2(C3(c4cccnc4)N=C(c4ccccc4)C(c4ccccc4)=N3)N=C(c3ccccc3)C(c3ccccc3)=N2)cc1. The third kappa shape index (κ3) is 4.93. The van der Waals surface area contributed by atoms with Crippen molar-refractivity contribution in [2.24, 2.45) is 20.0 Å². The second-order valence-electron chi connectivity index (χ2n) is 11.4. The average Bonchev–Trinajstić information content (AvgIpc) is 3.77. The molecule has 2 aliphatic rings. The molecule has 224 valence electrons. The molecule has 3 heterocycles. The zero-order valence-corrected chi connectivity index (χ0v) is 26.0. The van der Waals surface area contributed by atoms with Crippen molar-refractivity contribution in [2.75, 3.05) is 0 Å². The zero-order chi connectivity index (χ0) is 31.7. The third-order valence-electron chi connectivity index (χ3n) is 8.53. The van der Waals surface area contributed by atoms with E-state index in [1.54, 1.807) is 6.20 Å². The lowest BCUT2D eigenvalue weighted by atomic mass is 9.82. The van der Waals surface area contributed by atoms with Crippen LogP contribution in [0.4, 0.5) is 0 Å². The molecule has 0 amide bonds. The first-order valence-electron chi connectivity index (χ1n) is 15.5. The molecule has 0 fully saturated rings. The highest BCUT2D eigenvalue weighted by molar-refractivity contribution is 6.55.